The number of nitrogens with one attached hydrogen (secondary N) is 1. The Morgan fingerprint density at radius 2 is 2.00 bits per heavy atom. The van der Waals surface area contributed by atoms with Gasteiger partial charge in [-0.3, -0.25) is 4.79 Å². The molecule has 5 nitrogen and oxygen atoms in total. The number of aromatic nitrogens is 1. The van der Waals surface area contributed by atoms with Gasteiger partial charge in [0.25, 0.3) is 0 Å². The first-order valence-corrected chi connectivity index (χ1v) is 8.37. The molecule has 3 rings (SSSR count). The molecule has 0 spiro atoms. The Balaban J connectivity index is 1.95. The Morgan fingerprint density at radius 3 is 2.59 bits per heavy atom. The van der Waals surface area contributed by atoms with Crippen LogP contribution in [-0.4, -0.2) is 24.0 Å². The Labute approximate surface area is 154 Å². The van der Waals surface area contributed by atoms with Crippen molar-refractivity contribution in [2.24, 2.45) is 5.92 Å². The topological polar surface area (TPSA) is 69.0 Å². The lowest BCUT2D eigenvalue weighted by atomic mass is 9.95. The summed E-state index contributed by atoms with van der Waals surface area (Å²) in [6.45, 7) is 2.37. The van der Waals surface area contributed by atoms with E-state index in [-0.39, 0.29) is 17.5 Å². The van der Waals surface area contributed by atoms with Crippen LogP contribution < -0.4 is 10.2 Å². The van der Waals surface area contributed by atoms with E-state index in [2.05, 4.69) is 10.3 Å². The molecule has 1 amide bonds. The van der Waals surface area contributed by atoms with Gasteiger partial charge in [0.1, 0.15) is 11.8 Å². The maximum Gasteiger partial charge on any atom is 0.416 e. The van der Waals surface area contributed by atoms with Crippen LogP contribution in [0.1, 0.15) is 23.9 Å². The van der Waals surface area contributed by atoms with Gasteiger partial charge in [-0.05, 0) is 48.7 Å². The zero-order valence-electron chi connectivity index (χ0n) is 14.5. The molecule has 1 aromatic carbocycles. The van der Waals surface area contributed by atoms with Gasteiger partial charge in [0.15, 0.2) is 0 Å². The Hall–Kier alpha value is -3.08. The minimum atomic E-state index is -4.39. The lowest BCUT2D eigenvalue weighted by Gasteiger charge is -2.35. The fraction of sp³-hybridized carbons (Fsp3) is 0.316. The molecule has 0 bridgehead atoms. The number of pyridine rings is 1. The molecule has 1 aliphatic heterocycles. The Bertz CT molecular complexity index is 887. The molecule has 1 atom stereocenters. The largest absolute Gasteiger partial charge is 0.416 e. The lowest BCUT2D eigenvalue weighted by Crippen LogP contribution is -2.39. The normalized spacial score (nSPS) is 16.4. The standard InChI is InChI=1S/C19H17F3N4O/c1-12(27)24-10-13-8-17-18(7-4-15(9-23)25-17)26(11-13)16-5-2-14(3-6-16)19(20,21)22/h2-7,13H,8,10-11H2,1H3,(H,24,27). The number of alkyl halides is 3. The molecule has 1 N–H and O–H groups in total. The number of hydrogen-bond donors (Lipinski definition) is 1. The van der Waals surface area contributed by atoms with Crippen LogP contribution in [0, 0.1) is 17.2 Å². The highest BCUT2D eigenvalue weighted by Crippen LogP contribution is 2.36. The second-order valence-electron chi connectivity index (χ2n) is 6.44. The van der Waals surface area contributed by atoms with Crippen molar-refractivity contribution >= 4 is 17.3 Å². The summed E-state index contributed by atoms with van der Waals surface area (Å²) < 4.78 is 38.5. The average Bonchev–Trinajstić information content (AvgIpc) is 2.64. The zero-order chi connectivity index (χ0) is 19.6. The van der Waals surface area contributed by atoms with Crippen LogP contribution in [0.2, 0.25) is 0 Å². The molecule has 0 fully saturated rings. The van der Waals surface area contributed by atoms with Crippen LogP contribution in [0.4, 0.5) is 24.5 Å². The molecule has 0 saturated heterocycles. The number of hydrogen-bond acceptors (Lipinski definition) is 4. The van der Waals surface area contributed by atoms with E-state index in [1.54, 1.807) is 12.1 Å². The van der Waals surface area contributed by atoms with Crippen LogP contribution in [0.5, 0.6) is 0 Å². The number of carbonyl (C=O) groups is 1. The maximum atomic E-state index is 12.8. The maximum absolute atomic E-state index is 12.8. The molecule has 0 saturated carbocycles. The summed E-state index contributed by atoms with van der Waals surface area (Å²) in [5, 5.41) is 11.8. The third-order valence-electron chi connectivity index (χ3n) is 4.42. The van der Waals surface area contributed by atoms with Gasteiger partial charge in [-0.1, -0.05) is 0 Å². The van der Waals surface area contributed by atoms with Crippen molar-refractivity contribution < 1.29 is 18.0 Å². The van der Waals surface area contributed by atoms with E-state index in [1.807, 2.05) is 11.0 Å². The van der Waals surface area contributed by atoms with Gasteiger partial charge in [0.2, 0.25) is 5.91 Å². The minimum Gasteiger partial charge on any atom is -0.356 e. The smallest absolute Gasteiger partial charge is 0.356 e. The molecule has 140 valence electrons. The van der Waals surface area contributed by atoms with Crippen molar-refractivity contribution in [1.82, 2.24) is 10.3 Å². The number of nitriles is 1. The van der Waals surface area contributed by atoms with Crippen LogP contribution in [-0.2, 0) is 17.4 Å². The van der Waals surface area contributed by atoms with Crippen molar-refractivity contribution in [3.63, 3.8) is 0 Å². The lowest BCUT2D eigenvalue weighted by molar-refractivity contribution is -0.137. The van der Waals surface area contributed by atoms with E-state index < -0.39 is 11.7 Å². The van der Waals surface area contributed by atoms with Gasteiger partial charge < -0.3 is 10.2 Å². The molecule has 2 aromatic rings. The Morgan fingerprint density at radius 1 is 1.30 bits per heavy atom. The van der Waals surface area contributed by atoms with Gasteiger partial charge in [-0.25, -0.2) is 4.98 Å². The van der Waals surface area contributed by atoms with Crippen LogP contribution in [0.25, 0.3) is 0 Å². The second-order valence-corrected chi connectivity index (χ2v) is 6.44. The van der Waals surface area contributed by atoms with E-state index in [0.717, 1.165) is 17.8 Å². The van der Waals surface area contributed by atoms with Crippen molar-refractivity contribution in [3.8, 4) is 6.07 Å². The van der Waals surface area contributed by atoms with Crippen LogP contribution >= 0.6 is 0 Å². The van der Waals surface area contributed by atoms with E-state index >= 15 is 0 Å². The van der Waals surface area contributed by atoms with Gasteiger partial charge in [0.05, 0.1) is 16.9 Å². The molecule has 0 radical (unpaired) electrons. The van der Waals surface area contributed by atoms with E-state index in [4.69, 9.17) is 5.26 Å². The highest BCUT2D eigenvalue weighted by Gasteiger charge is 2.31. The second kappa shape index (κ2) is 7.27. The third-order valence-corrected chi connectivity index (χ3v) is 4.42. The molecular formula is C19H17F3N4O. The number of halogens is 3. The fourth-order valence-corrected chi connectivity index (χ4v) is 3.15. The molecule has 2 heterocycles. The summed E-state index contributed by atoms with van der Waals surface area (Å²) in [5.41, 5.74) is 1.61. The predicted octanol–water partition coefficient (Wildman–Crippen LogP) is 3.42. The first-order valence-electron chi connectivity index (χ1n) is 8.37. The van der Waals surface area contributed by atoms with Gasteiger partial charge in [-0.2, -0.15) is 18.4 Å². The van der Waals surface area contributed by atoms with Crippen molar-refractivity contribution in [3.05, 3.63) is 53.3 Å². The summed E-state index contributed by atoms with van der Waals surface area (Å²) in [7, 11) is 0. The first kappa shape index (κ1) is 18.7. The number of anilines is 2. The van der Waals surface area contributed by atoms with Crippen LogP contribution in [0.15, 0.2) is 36.4 Å². The monoisotopic (exact) mass is 374 g/mol. The molecule has 8 heteroatoms. The first-order chi connectivity index (χ1) is 12.8. The number of benzene rings is 1. The van der Waals surface area contributed by atoms with Crippen molar-refractivity contribution in [1.29, 1.82) is 5.26 Å². The van der Waals surface area contributed by atoms with Crippen molar-refractivity contribution in [2.75, 3.05) is 18.0 Å². The number of rotatable bonds is 3. The molecule has 0 aliphatic carbocycles. The summed E-state index contributed by atoms with van der Waals surface area (Å²) in [4.78, 5) is 17.4. The van der Waals surface area contributed by atoms with E-state index in [0.29, 0.717) is 30.9 Å². The van der Waals surface area contributed by atoms with E-state index in [1.165, 1.54) is 19.1 Å². The summed E-state index contributed by atoms with van der Waals surface area (Å²) in [6.07, 6.45) is -3.82. The number of carbonyl (C=O) groups excluding carboxylic acids is 1. The number of nitrogens with zero attached hydrogens (tertiary/aromatic N) is 3. The number of amides is 1. The molecule has 1 aromatic heterocycles. The Kier molecular flexibility index (Phi) is 5.04. The number of fused-ring (bicyclic) bond motifs is 1. The molecule has 27 heavy (non-hydrogen) atoms. The van der Waals surface area contributed by atoms with Gasteiger partial charge in [0, 0.05) is 25.7 Å². The molecular weight excluding hydrogens is 357 g/mol. The van der Waals surface area contributed by atoms with E-state index in [9.17, 15) is 18.0 Å². The molecule has 1 unspecified atom stereocenters. The predicted molar refractivity (Wildman–Crippen MR) is 93.3 cm³/mol. The fourth-order valence-electron chi connectivity index (χ4n) is 3.15. The minimum absolute atomic E-state index is 0.0186. The SMILES string of the molecule is CC(=O)NCC1Cc2nc(C#N)ccc2N(c2ccc(C(F)(F)F)cc2)C1. The molecule has 1 aliphatic rings. The zero-order valence-corrected chi connectivity index (χ0v) is 14.5. The highest BCUT2D eigenvalue weighted by atomic mass is 19.4. The highest BCUT2D eigenvalue weighted by molar-refractivity contribution is 5.73. The van der Waals surface area contributed by atoms with Crippen molar-refractivity contribution in [2.45, 2.75) is 19.5 Å². The average molecular weight is 374 g/mol. The third kappa shape index (κ3) is 4.19. The summed E-state index contributed by atoms with van der Waals surface area (Å²) in [6, 6.07) is 10.3. The summed E-state index contributed by atoms with van der Waals surface area (Å²) in [5.74, 6) is -0.134. The van der Waals surface area contributed by atoms with Gasteiger partial charge >= 0.3 is 6.18 Å². The quantitative estimate of drug-likeness (QED) is 0.894. The van der Waals surface area contributed by atoms with Gasteiger partial charge in [-0.15, -0.1) is 0 Å². The summed E-state index contributed by atoms with van der Waals surface area (Å²) >= 11 is 0. The van der Waals surface area contributed by atoms with Crippen LogP contribution in [0.3, 0.4) is 0 Å².